The average molecular weight is 314 g/mol. The second kappa shape index (κ2) is 6.36. The molecule has 1 amide bonds. The van der Waals surface area contributed by atoms with Gasteiger partial charge in [-0.25, -0.2) is 0 Å². The van der Waals surface area contributed by atoms with Gasteiger partial charge in [-0.1, -0.05) is 25.0 Å². The predicted octanol–water partition coefficient (Wildman–Crippen LogP) is 3.08. The molecule has 1 heterocycles. The topological polar surface area (TPSA) is 65.1 Å². The van der Waals surface area contributed by atoms with Crippen molar-refractivity contribution in [3.63, 3.8) is 0 Å². The highest BCUT2D eigenvalue weighted by Crippen LogP contribution is 2.37. The van der Waals surface area contributed by atoms with E-state index in [-0.39, 0.29) is 24.0 Å². The third-order valence-electron chi connectivity index (χ3n) is 5.32. The fourth-order valence-electron chi connectivity index (χ4n) is 3.68. The number of amides is 1. The van der Waals surface area contributed by atoms with Gasteiger partial charge in [-0.2, -0.15) is 0 Å². The molecule has 0 saturated heterocycles. The van der Waals surface area contributed by atoms with Crippen molar-refractivity contribution in [3.8, 4) is 0 Å². The van der Waals surface area contributed by atoms with Gasteiger partial charge in [-0.3, -0.25) is 4.79 Å². The predicted molar refractivity (Wildman–Crippen MR) is 92.3 cm³/mol. The molecule has 124 valence electrons. The molecular weight excluding hydrogens is 288 g/mol. The molecular formula is C19H26N2O2. The highest BCUT2D eigenvalue weighted by atomic mass is 16.3. The Morgan fingerprint density at radius 2 is 2.30 bits per heavy atom. The Balaban J connectivity index is 1.61. The van der Waals surface area contributed by atoms with Crippen molar-refractivity contribution in [2.45, 2.75) is 52.0 Å². The summed E-state index contributed by atoms with van der Waals surface area (Å²) in [6.07, 6.45) is 6.25. The lowest BCUT2D eigenvalue weighted by Gasteiger charge is -2.30. The largest absolute Gasteiger partial charge is 0.396 e. The number of aliphatic hydroxyl groups is 1. The molecule has 3 rings (SSSR count). The molecule has 2 aromatic rings. The number of aromatic nitrogens is 1. The molecule has 2 unspecified atom stereocenters. The Labute approximate surface area is 137 Å². The number of fused-ring (bicyclic) bond motifs is 1. The molecule has 1 aliphatic rings. The highest BCUT2D eigenvalue weighted by Gasteiger charge is 2.38. The molecule has 1 aromatic heterocycles. The van der Waals surface area contributed by atoms with Crippen molar-refractivity contribution in [1.82, 2.24) is 10.3 Å². The van der Waals surface area contributed by atoms with E-state index in [0.29, 0.717) is 6.42 Å². The standard InChI is InChI=1S/C19H26N2O2/c1-13-5-7-16-15(10-13)14(11-20-16)6-8-18(23)21-17-4-3-9-19(17,2)12-22/h5,7,10-11,17,20,22H,3-4,6,8-9,12H2,1-2H3,(H,21,23). The molecule has 1 aromatic carbocycles. The Morgan fingerprint density at radius 3 is 3.09 bits per heavy atom. The van der Waals surface area contributed by atoms with Crippen LogP contribution in [-0.2, 0) is 11.2 Å². The van der Waals surface area contributed by atoms with Gasteiger partial charge in [0.15, 0.2) is 0 Å². The van der Waals surface area contributed by atoms with Crippen molar-refractivity contribution < 1.29 is 9.90 Å². The molecule has 1 aliphatic carbocycles. The molecule has 0 bridgehead atoms. The first-order chi connectivity index (χ1) is 11.0. The monoisotopic (exact) mass is 314 g/mol. The third kappa shape index (κ3) is 3.27. The summed E-state index contributed by atoms with van der Waals surface area (Å²) in [7, 11) is 0. The van der Waals surface area contributed by atoms with Crippen LogP contribution in [0.4, 0.5) is 0 Å². The highest BCUT2D eigenvalue weighted by molar-refractivity contribution is 5.85. The summed E-state index contributed by atoms with van der Waals surface area (Å²) in [6.45, 7) is 4.28. The van der Waals surface area contributed by atoms with E-state index >= 15 is 0 Å². The molecule has 1 fully saturated rings. The fourth-order valence-corrected chi connectivity index (χ4v) is 3.68. The second-order valence-corrected chi connectivity index (χ2v) is 7.19. The van der Waals surface area contributed by atoms with Gasteiger partial charge >= 0.3 is 0 Å². The Morgan fingerprint density at radius 1 is 1.48 bits per heavy atom. The van der Waals surface area contributed by atoms with Gasteiger partial charge < -0.3 is 15.4 Å². The van der Waals surface area contributed by atoms with Crippen molar-refractivity contribution >= 4 is 16.8 Å². The van der Waals surface area contributed by atoms with Crippen LogP contribution in [0.15, 0.2) is 24.4 Å². The summed E-state index contributed by atoms with van der Waals surface area (Å²) in [5.41, 5.74) is 3.38. The van der Waals surface area contributed by atoms with E-state index in [4.69, 9.17) is 0 Å². The summed E-state index contributed by atoms with van der Waals surface area (Å²) in [5, 5.41) is 13.9. The number of nitrogens with one attached hydrogen (secondary N) is 2. The van der Waals surface area contributed by atoms with Crippen molar-refractivity contribution in [2.75, 3.05) is 6.61 Å². The number of benzene rings is 1. The van der Waals surface area contributed by atoms with Gasteiger partial charge in [0, 0.05) is 35.0 Å². The van der Waals surface area contributed by atoms with Crippen LogP contribution in [0.25, 0.3) is 10.9 Å². The van der Waals surface area contributed by atoms with Crippen molar-refractivity contribution in [3.05, 3.63) is 35.5 Å². The minimum absolute atomic E-state index is 0.0820. The van der Waals surface area contributed by atoms with Crippen LogP contribution in [0.2, 0.25) is 0 Å². The number of hydrogen-bond acceptors (Lipinski definition) is 2. The average Bonchev–Trinajstić information content (AvgIpc) is 3.10. The molecule has 1 saturated carbocycles. The normalized spacial score (nSPS) is 24.2. The number of aliphatic hydroxyl groups excluding tert-OH is 1. The zero-order valence-electron chi connectivity index (χ0n) is 14.0. The van der Waals surface area contributed by atoms with Gasteiger partial charge in [-0.05, 0) is 43.9 Å². The lowest BCUT2D eigenvalue weighted by atomic mass is 9.85. The SMILES string of the molecule is Cc1ccc2[nH]cc(CCC(=O)NC3CCCC3(C)CO)c2c1. The van der Waals surface area contributed by atoms with Crippen LogP contribution in [0.1, 0.15) is 43.7 Å². The van der Waals surface area contributed by atoms with E-state index in [0.717, 1.165) is 31.2 Å². The molecule has 0 aliphatic heterocycles. The van der Waals surface area contributed by atoms with Crippen molar-refractivity contribution in [2.24, 2.45) is 5.41 Å². The minimum Gasteiger partial charge on any atom is -0.396 e. The maximum absolute atomic E-state index is 12.3. The Hall–Kier alpha value is -1.81. The smallest absolute Gasteiger partial charge is 0.220 e. The summed E-state index contributed by atoms with van der Waals surface area (Å²) in [4.78, 5) is 15.6. The molecule has 3 N–H and O–H groups in total. The van der Waals surface area contributed by atoms with Crippen LogP contribution in [0.5, 0.6) is 0 Å². The van der Waals surface area contributed by atoms with E-state index < -0.39 is 0 Å². The van der Waals surface area contributed by atoms with E-state index in [2.05, 4.69) is 42.3 Å². The zero-order valence-corrected chi connectivity index (χ0v) is 14.0. The molecule has 23 heavy (non-hydrogen) atoms. The van der Waals surface area contributed by atoms with Gasteiger partial charge in [-0.15, -0.1) is 0 Å². The molecule has 4 nitrogen and oxygen atoms in total. The van der Waals surface area contributed by atoms with Gasteiger partial charge in [0.1, 0.15) is 0 Å². The number of hydrogen-bond donors (Lipinski definition) is 3. The first-order valence-corrected chi connectivity index (χ1v) is 8.49. The van der Waals surface area contributed by atoms with E-state index in [1.165, 1.54) is 16.5 Å². The lowest BCUT2D eigenvalue weighted by Crippen LogP contribution is -2.44. The number of aromatic amines is 1. The van der Waals surface area contributed by atoms with Crippen molar-refractivity contribution in [1.29, 1.82) is 0 Å². The number of aryl methyl sites for hydroxylation is 2. The summed E-state index contributed by atoms with van der Waals surface area (Å²) >= 11 is 0. The Bertz CT molecular complexity index is 706. The van der Waals surface area contributed by atoms with Gasteiger partial charge in [0.25, 0.3) is 0 Å². The van der Waals surface area contributed by atoms with Crippen LogP contribution >= 0.6 is 0 Å². The lowest BCUT2D eigenvalue weighted by molar-refractivity contribution is -0.122. The third-order valence-corrected chi connectivity index (χ3v) is 5.32. The van der Waals surface area contributed by atoms with E-state index in [1.54, 1.807) is 0 Å². The maximum Gasteiger partial charge on any atom is 0.220 e. The molecule has 0 spiro atoms. The summed E-state index contributed by atoms with van der Waals surface area (Å²) in [6, 6.07) is 6.44. The van der Waals surface area contributed by atoms with Gasteiger partial charge in [0.2, 0.25) is 5.91 Å². The fraction of sp³-hybridized carbons (Fsp3) is 0.526. The van der Waals surface area contributed by atoms with E-state index in [9.17, 15) is 9.90 Å². The second-order valence-electron chi connectivity index (χ2n) is 7.19. The number of H-pyrrole nitrogens is 1. The Kier molecular flexibility index (Phi) is 4.44. The van der Waals surface area contributed by atoms with E-state index in [1.807, 2.05) is 6.20 Å². The zero-order chi connectivity index (χ0) is 16.4. The summed E-state index contributed by atoms with van der Waals surface area (Å²) in [5.74, 6) is 0.0820. The van der Waals surface area contributed by atoms with Gasteiger partial charge in [0.05, 0.1) is 6.61 Å². The van der Waals surface area contributed by atoms with Crippen LogP contribution in [-0.4, -0.2) is 28.6 Å². The number of rotatable bonds is 5. The minimum atomic E-state index is -0.159. The number of carbonyl (C=O) groups excluding carboxylic acids is 1. The van der Waals surface area contributed by atoms with Crippen LogP contribution in [0.3, 0.4) is 0 Å². The summed E-state index contributed by atoms with van der Waals surface area (Å²) < 4.78 is 0. The molecule has 4 heteroatoms. The quantitative estimate of drug-likeness (QED) is 0.794. The van der Waals surface area contributed by atoms with Crippen LogP contribution in [0, 0.1) is 12.3 Å². The first kappa shape index (κ1) is 16.1. The maximum atomic E-state index is 12.3. The number of carbonyl (C=O) groups is 1. The van der Waals surface area contributed by atoms with Crippen LogP contribution < -0.4 is 5.32 Å². The molecule has 2 atom stereocenters. The first-order valence-electron chi connectivity index (χ1n) is 8.49. The molecule has 0 radical (unpaired) electrons.